The van der Waals surface area contributed by atoms with Crippen LogP contribution in [0.15, 0.2) is 4.79 Å². The van der Waals surface area contributed by atoms with E-state index in [0.29, 0.717) is 33.7 Å². The number of nitrogens with one attached hydrogen (secondary N) is 1. The fourth-order valence-electron chi connectivity index (χ4n) is 7.03. The summed E-state index contributed by atoms with van der Waals surface area (Å²) in [5.41, 5.74) is -0.420. The molecule has 658 valence electrons. The number of ether oxygens (including phenoxy) is 2. The van der Waals surface area contributed by atoms with Crippen LogP contribution in [-0.4, -0.2) is 63.8 Å². The average Bonchev–Trinajstić information content (AvgIpc) is 1.69. The lowest BCUT2D eigenvalue weighted by Crippen LogP contribution is -2.21. The molecular formula is C22H110Cl5N5O5P74. The van der Waals surface area contributed by atoms with Crippen molar-refractivity contribution in [1.29, 1.82) is 0 Å². The Hall–Kier alpha value is 30.4. The molecule has 2 fully saturated rings. The van der Waals surface area contributed by atoms with E-state index < -0.39 is 10.8 Å². The zero-order valence-corrected chi connectivity index (χ0v) is 139. The summed E-state index contributed by atoms with van der Waals surface area (Å²) in [5.74, 6) is 1.95. The third kappa shape index (κ3) is 57.4. The summed E-state index contributed by atoms with van der Waals surface area (Å²) in [7, 11) is 131. The van der Waals surface area contributed by atoms with E-state index in [1.807, 2.05) is 0 Å². The largest absolute Gasteiger partial charge is 0.491 e. The van der Waals surface area contributed by atoms with Gasteiger partial charge in [0.1, 0.15) is 11.6 Å². The van der Waals surface area contributed by atoms with E-state index in [1.54, 1.807) is 0 Å². The first-order valence-electron chi connectivity index (χ1n) is 28.3. The van der Waals surface area contributed by atoms with Gasteiger partial charge in [0.2, 0.25) is 5.75 Å². The predicted molar refractivity (Wildman–Crippen MR) is 767 cm³/mol. The van der Waals surface area contributed by atoms with Crippen LogP contribution in [0.5, 0.6) is 17.4 Å². The van der Waals surface area contributed by atoms with Crippen LogP contribution in [-0.2, 0) is 4.57 Å². The van der Waals surface area contributed by atoms with Crippen molar-refractivity contribution in [2.75, 3.05) is 33.9 Å². The van der Waals surface area contributed by atoms with E-state index in [2.05, 4.69) is 423 Å². The second-order valence-electron chi connectivity index (χ2n) is 19.4. The Bertz CT molecular complexity index is 2800. The fourth-order valence-corrected chi connectivity index (χ4v) is 988. The maximum absolute atomic E-state index is 11.2. The van der Waals surface area contributed by atoms with Gasteiger partial charge in [-0.1, -0.05) is 51.9 Å². The van der Waals surface area contributed by atoms with E-state index in [4.69, 9.17) is 27.9 Å². The summed E-state index contributed by atoms with van der Waals surface area (Å²) in [6.45, 7) is 8.12. The van der Waals surface area contributed by atoms with Crippen LogP contribution in [0.1, 0.15) is 69.9 Å². The molecule has 45 atom stereocenters. The molecule has 0 aliphatic heterocycles. The summed E-state index contributed by atoms with van der Waals surface area (Å²) in [6.07, 6.45) is 4.29. The maximum Gasteiger partial charge on any atom is 0.339 e. The van der Waals surface area contributed by atoms with Gasteiger partial charge in [0.25, 0.3) is 11.4 Å². The van der Waals surface area contributed by atoms with E-state index in [-0.39, 0.29) is 249 Å². The molecule has 45 unspecified atom stereocenters. The van der Waals surface area contributed by atoms with Gasteiger partial charge in [-0.05, 0) is 317 Å². The van der Waals surface area contributed by atoms with Gasteiger partial charge in [0.05, 0.1) is 14.2 Å². The first-order valence-corrected chi connectivity index (χ1v) is 165. The van der Waals surface area contributed by atoms with Crippen LogP contribution in [0.4, 0.5) is 0 Å². The molecule has 2 N–H and O–H groups in total. The monoisotopic (exact) mass is 2990 g/mol. The second kappa shape index (κ2) is 79.4. The summed E-state index contributed by atoms with van der Waals surface area (Å²) < 4.78 is 19.1. The number of halogens is 5. The molecule has 2 heterocycles. The van der Waals surface area contributed by atoms with Gasteiger partial charge in [0, 0.05) is 11.8 Å². The van der Waals surface area contributed by atoms with Crippen molar-refractivity contribution in [3.8, 4) is 17.4 Å². The number of rotatable bonds is 40. The van der Waals surface area contributed by atoms with Crippen molar-refractivity contribution in [3.05, 3.63) is 32.3 Å². The molecule has 0 aromatic carbocycles. The fraction of sp³-hybridized carbons (Fsp3) is 0.636. The van der Waals surface area contributed by atoms with Gasteiger partial charge in [-0.3, -0.25) is 9.36 Å². The quantitative estimate of drug-likeness (QED) is 0.0495. The lowest BCUT2D eigenvalue weighted by Gasteiger charge is -2.55. The molecule has 10 nitrogen and oxygen atoms in total. The van der Waals surface area contributed by atoms with Crippen molar-refractivity contribution >= 4 is 647 Å². The van der Waals surface area contributed by atoms with Crippen LogP contribution in [0.25, 0.3) is 0 Å². The number of aromatic amines is 1. The van der Waals surface area contributed by atoms with Crippen molar-refractivity contribution in [2.24, 2.45) is 0 Å². The van der Waals surface area contributed by atoms with Gasteiger partial charge < -0.3 is 24.5 Å². The van der Waals surface area contributed by atoms with Gasteiger partial charge in [-0.15, -0.1) is 339 Å². The van der Waals surface area contributed by atoms with Crippen LogP contribution < -0.4 is 15.0 Å². The molecule has 2 aliphatic rings. The zero-order chi connectivity index (χ0) is 87.4. The Labute approximate surface area is 821 Å². The molecule has 0 amide bonds. The average molecular weight is 2990 g/mol. The highest BCUT2D eigenvalue weighted by Crippen LogP contribution is 3.44. The molecule has 111 heavy (non-hydrogen) atoms. The second-order valence-corrected chi connectivity index (χ2v) is 321. The highest BCUT2D eigenvalue weighted by Gasteiger charge is 2.56. The number of nitrogens with zero attached hydrogens (tertiary/aromatic N) is 4. The molecule has 2 aromatic heterocycles. The molecule has 0 radical (unpaired) electrons. The van der Waals surface area contributed by atoms with Gasteiger partial charge in [-0.2, -0.15) is 4.98 Å². The third-order valence-electron chi connectivity index (χ3n) is 11.5. The van der Waals surface area contributed by atoms with Gasteiger partial charge >= 0.3 is 5.20 Å². The van der Waals surface area contributed by atoms with E-state index in [9.17, 15) is 14.5 Å². The van der Waals surface area contributed by atoms with E-state index in [1.165, 1.54) is 33.9 Å². The first kappa shape index (κ1) is 143. The normalized spacial score (nSPS) is 15.9. The van der Waals surface area contributed by atoms with Crippen molar-refractivity contribution in [2.45, 2.75) is 58.3 Å². The van der Waals surface area contributed by atoms with Crippen LogP contribution >= 0.6 is 647 Å². The first-order chi connectivity index (χ1) is 50.9. The highest BCUT2D eigenvalue weighted by molar-refractivity contribution is 9.49. The van der Waals surface area contributed by atoms with Crippen LogP contribution in [0.3, 0.4) is 0 Å². The number of methoxy groups -OCH3 is 2. The molecule has 2 saturated carbocycles. The highest BCUT2D eigenvalue weighted by atomic mass is 36.0. The van der Waals surface area contributed by atoms with Gasteiger partial charge in [-0.25, -0.2) is 9.97 Å². The number of aromatic hydroxyl groups is 1. The molecule has 2 aliphatic carbocycles. The summed E-state index contributed by atoms with van der Waals surface area (Å²) in [5, 5.41) is 6.66. The molecule has 2 aromatic rings. The Morgan fingerprint density at radius 2 is 0.631 bits per heavy atom. The summed E-state index contributed by atoms with van der Waals surface area (Å²) in [4.78, 5) is 28.3. The minimum atomic E-state index is -3.22. The number of hydrogen-bond donors (Lipinski definition) is 2. The molecular weight excluding hydrogens is 2880 g/mol. The zero-order valence-electron chi connectivity index (χ0n) is 59.5. The minimum Gasteiger partial charge on any atom is -0.491 e. The van der Waals surface area contributed by atoms with E-state index >= 15 is 0 Å². The van der Waals surface area contributed by atoms with E-state index in [0.717, 1.165) is 39.5 Å². The smallest absolute Gasteiger partial charge is 0.339 e. The Morgan fingerprint density at radius 3 is 0.820 bits per heavy atom. The summed E-state index contributed by atoms with van der Waals surface area (Å²) >= 11 is 25.5. The minimum absolute atomic E-state index is 0.00189. The topological polar surface area (TPSA) is 131 Å². The molecule has 0 bridgehead atoms. The predicted octanol–water partition coefficient (Wildman–Crippen LogP) is 49.4. The number of aromatic nitrogens is 4. The van der Waals surface area contributed by atoms with Crippen LogP contribution in [0.2, 0.25) is 10.3 Å². The van der Waals surface area contributed by atoms with Crippen molar-refractivity contribution in [3.63, 3.8) is 0 Å². The summed E-state index contributed by atoms with van der Waals surface area (Å²) in [6, 6.07) is 0. The van der Waals surface area contributed by atoms with Crippen molar-refractivity contribution < 1.29 is 19.1 Å². The van der Waals surface area contributed by atoms with Crippen molar-refractivity contribution in [1.82, 2.24) is 24.8 Å². The number of hydrogen-bond acceptors (Lipinski definition) is 9. The maximum atomic E-state index is 11.2. The molecule has 0 saturated heterocycles. The molecule has 89 heteroatoms. The molecule has 0 spiro atoms. The number of H-pyrrole nitrogens is 1. The Kier molecular flexibility index (Phi) is 103. The lowest BCUT2D eigenvalue weighted by atomic mass is 10.4. The van der Waals surface area contributed by atoms with Crippen LogP contribution in [0, 0.1) is 0 Å². The Balaban J connectivity index is 0. The van der Waals surface area contributed by atoms with Gasteiger partial charge in [0.15, 0.2) is 16.1 Å². The SMILES string of the molecule is CCN(CC)CC.COc1c(Cl)nc(C2CC2)nc1Cl.COc1c(O)nc(C2CC2)[nH]c1=O.O=P(Cl)(Cl)Cl.PP(P)P(P)P(P(P(P)P)P(P)P)P(P(P(P)P)P(P)P)P(P(P(P)P)P(P)P)P(P(P)P)P(P)P.PPP(P(P)P)P(P(P(P)P)P(P)P)P(P(P(P)P)P(P)P)P(P(P(P)P)P(P)P)P(P(P)P)P(P)P. The Morgan fingerprint density at radius 1 is 0.396 bits per heavy atom. The third-order valence-corrected chi connectivity index (χ3v) is 504. The molecule has 4 rings (SSSR count). The standard InChI is InChI=1S/C8H8Cl2N2O.C8H10N2O3.C6H15N.Cl3OP.H39P37.H38P36/c1-13-5-6(9)11-8(4-2-3-4)12-7(5)10;1-13-5-7(11)9-6(4-2-3-4)10-8(5)12;1-4-7(5-2)6-3;1-5(2,3)4;1-20-30(21(2)3)35(31(22(4)5)23(6)7)37(34(28(16)17)29(18)19)36(32(24(8)9)25(10)11)33(26(12)13)27(14)15;1-20(2)29(19)34(30(21(3)4)22(5)6)36(33(27(15)16)28(17)18)35(31(23(7)8)24(9)10)32(25(11)12)26(13)14/h4H,2-3H2,1H3;4H,2-3H2,1H3,(H2,9,10,11,12);4-6H2,1-3H3;;20H,1-19H2;1-19H2. The lowest BCUT2D eigenvalue weighted by molar-refractivity contribution is 0.321.